The Morgan fingerprint density at radius 1 is 1.00 bits per heavy atom. The summed E-state index contributed by atoms with van der Waals surface area (Å²) in [5, 5.41) is 7.88. The molecule has 0 saturated heterocycles. The van der Waals surface area contributed by atoms with Crippen LogP contribution in [0.5, 0.6) is 5.75 Å². The minimum absolute atomic E-state index is 0.219. The van der Waals surface area contributed by atoms with E-state index < -0.39 is 10.1 Å². The average molecular weight is 292 g/mol. The summed E-state index contributed by atoms with van der Waals surface area (Å²) in [4.78, 5) is -0.219. The lowest BCUT2D eigenvalue weighted by molar-refractivity contribution is 0.415. The van der Waals surface area contributed by atoms with Crippen LogP contribution in [0.4, 0.5) is 11.4 Å². The van der Waals surface area contributed by atoms with Crippen molar-refractivity contribution in [1.82, 2.24) is 0 Å². The van der Waals surface area contributed by atoms with E-state index in [4.69, 9.17) is 9.29 Å². The number of hydrogen-bond donors (Lipinski definition) is 1. The highest BCUT2D eigenvalue weighted by atomic mass is 32.2. The summed E-state index contributed by atoms with van der Waals surface area (Å²) in [7, 11) is -2.67. The van der Waals surface area contributed by atoms with Crippen molar-refractivity contribution in [3.8, 4) is 5.75 Å². The third-order valence-electron chi connectivity index (χ3n) is 2.47. The van der Waals surface area contributed by atoms with Gasteiger partial charge >= 0.3 is 0 Å². The molecule has 0 atom stereocenters. The standard InChI is InChI=1S/C13H12N2O4S/c1-19-12-7-5-10(6-8-12)14-15-11-3-2-4-13(9-11)20(16,17)18/h2-9H,1H3,(H,16,17,18)/b15-14+. The van der Waals surface area contributed by atoms with Crippen LogP contribution in [-0.2, 0) is 10.1 Å². The van der Waals surface area contributed by atoms with E-state index in [0.29, 0.717) is 17.1 Å². The predicted octanol–water partition coefficient (Wildman–Crippen LogP) is 3.36. The maximum Gasteiger partial charge on any atom is 0.294 e. The molecular weight excluding hydrogens is 280 g/mol. The Labute approximate surface area is 116 Å². The second-order valence-corrected chi connectivity index (χ2v) is 5.29. The fourth-order valence-corrected chi connectivity index (χ4v) is 1.99. The molecule has 0 amide bonds. The molecule has 0 aliphatic heterocycles. The van der Waals surface area contributed by atoms with Gasteiger partial charge < -0.3 is 4.74 Å². The molecule has 104 valence electrons. The summed E-state index contributed by atoms with van der Waals surface area (Å²) >= 11 is 0. The van der Waals surface area contributed by atoms with Gasteiger partial charge in [-0.3, -0.25) is 4.55 Å². The van der Waals surface area contributed by atoms with E-state index in [2.05, 4.69) is 10.2 Å². The lowest BCUT2D eigenvalue weighted by Gasteiger charge is -1.99. The largest absolute Gasteiger partial charge is 0.497 e. The SMILES string of the molecule is COc1ccc(/N=N/c2cccc(S(=O)(=O)O)c2)cc1. The van der Waals surface area contributed by atoms with E-state index in [1.807, 2.05) is 0 Å². The first kappa shape index (κ1) is 14.2. The van der Waals surface area contributed by atoms with Crippen molar-refractivity contribution in [2.24, 2.45) is 10.2 Å². The van der Waals surface area contributed by atoms with Crippen molar-refractivity contribution in [2.45, 2.75) is 4.90 Å². The zero-order valence-electron chi connectivity index (χ0n) is 10.6. The molecule has 20 heavy (non-hydrogen) atoms. The maximum atomic E-state index is 11.0. The van der Waals surface area contributed by atoms with E-state index in [1.54, 1.807) is 37.4 Å². The second-order valence-electron chi connectivity index (χ2n) is 3.87. The molecule has 0 heterocycles. The quantitative estimate of drug-likeness (QED) is 0.691. The van der Waals surface area contributed by atoms with E-state index in [0.717, 1.165) is 0 Å². The monoisotopic (exact) mass is 292 g/mol. The Balaban J connectivity index is 2.22. The molecule has 2 aromatic carbocycles. The van der Waals surface area contributed by atoms with E-state index >= 15 is 0 Å². The lowest BCUT2D eigenvalue weighted by atomic mass is 10.3. The number of azo groups is 1. The fraction of sp³-hybridized carbons (Fsp3) is 0.0769. The van der Waals surface area contributed by atoms with E-state index in [9.17, 15) is 8.42 Å². The van der Waals surface area contributed by atoms with Crippen molar-refractivity contribution in [3.05, 3.63) is 48.5 Å². The summed E-state index contributed by atoms with van der Waals surface area (Å²) in [6.45, 7) is 0. The average Bonchev–Trinajstić information content (AvgIpc) is 2.45. The van der Waals surface area contributed by atoms with Gasteiger partial charge in [-0.25, -0.2) is 0 Å². The van der Waals surface area contributed by atoms with Crippen LogP contribution in [0.3, 0.4) is 0 Å². The predicted molar refractivity (Wildman–Crippen MR) is 73.4 cm³/mol. The molecule has 6 nitrogen and oxygen atoms in total. The molecular formula is C13H12N2O4S. The summed E-state index contributed by atoms with van der Waals surface area (Å²) in [6.07, 6.45) is 0. The molecule has 2 aromatic rings. The summed E-state index contributed by atoms with van der Waals surface area (Å²) in [5.74, 6) is 0.706. The molecule has 2 rings (SSSR count). The van der Waals surface area contributed by atoms with Gasteiger partial charge in [-0.2, -0.15) is 18.6 Å². The van der Waals surface area contributed by atoms with Gasteiger partial charge in [0.1, 0.15) is 5.75 Å². The van der Waals surface area contributed by atoms with Crippen LogP contribution < -0.4 is 4.74 Å². The van der Waals surface area contributed by atoms with Gasteiger partial charge in [0, 0.05) is 0 Å². The van der Waals surface area contributed by atoms with Crippen molar-refractivity contribution < 1.29 is 17.7 Å². The number of hydrogen-bond acceptors (Lipinski definition) is 5. The Morgan fingerprint density at radius 2 is 1.65 bits per heavy atom. The van der Waals surface area contributed by atoms with Gasteiger partial charge in [-0.15, -0.1) is 0 Å². The highest BCUT2D eigenvalue weighted by molar-refractivity contribution is 7.85. The first-order valence-corrected chi connectivity index (χ1v) is 7.06. The van der Waals surface area contributed by atoms with Crippen molar-refractivity contribution in [1.29, 1.82) is 0 Å². The Kier molecular flexibility index (Phi) is 4.11. The maximum absolute atomic E-state index is 11.0. The summed E-state index contributed by atoms with van der Waals surface area (Å²) in [5.41, 5.74) is 0.930. The lowest BCUT2D eigenvalue weighted by Crippen LogP contribution is -1.96. The molecule has 0 aliphatic carbocycles. The van der Waals surface area contributed by atoms with Gasteiger partial charge in [0.15, 0.2) is 0 Å². The van der Waals surface area contributed by atoms with E-state index in [-0.39, 0.29) is 4.90 Å². The van der Waals surface area contributed by atoms with Gasteiger partial charge in [0.05, 0.1) is 23.4 Å². The third-order valence-corrected chi connectivity index (χ3v) is 3.32. The van der Waals surface area contributed by atoms with Crippen LogP contribution in [0.25, 0.3) is 0 Å². The molecule has 7 heteroatoms. The third kappa shape index (κ3) is 3.62. The van der Waals surface area contributed by atoms with Gasteiger partial charge in [0.25, 0.3) is 10.1 Å². The number of ether oxygens (including phenoxy) is 1. The smallest absolute Gasteiger partial charge is 0.294 e. The van der Waals surface area contributed by atoms with Gasteiger partial charge in [-0.05, 0) is 42.5 Å². The van der Waals surface area contributed by atoms with Crippen molar-refractivity contribution in [3.63, 3.8) is 0 Å². The summed E-state index contributed by atoms with van der Waals surface area (Å²) in [6, 6.07) is 12.5. The molecule has 0 radical (unpaired) electrons. The van der Waals surface area contributed by atoms with Gasteiger partial charge in [-0.1, -0.05) is 6.07 Å². The Morgan fingerprint density at radius 3 is 2.25 bits per heavy atom. The first-order valence-electron chi connectivity index (χ1n) is 5.62. The minimum atomic E-state index is -4.24. The van der Waals surface area contributed by atoms with Crippen LogP contribution in [0, 0.1) is 0 Å². The van der Waals surface area contributed by atoms with Crippen LogP contribution in [0.15, 0.2) is 63.7 Å². The zero-order valence-corrected chi connectivity index (χ0v) is 11.4. The molecule has 0 unspecified atom stereocenters. The van der Waals surface area contributed by atoms with Crippen LogP contribution >= 0.6 is 0 Å². The number of nitrogens with zero attached hydrogens (tertiary/aromatic N) is 2. The Hall–Kier alpha value is -2.25. The highest BCUT2D eigenvalue weighted by Gasteiger charge is 2.09. The number of rotatable bonds is 4. The second kappa shape index (κ2) is 5.81. The fourth-order valence-electron chi connectivity index (χ4n) is 1.47. The molecule has 0 bridgehead atoms. The number of benzene rings is 2. The first-order chi connectivity index (χ1) is 9.49. The highest BCUT2D eigenvalue weighted by Crippen LogP contribution is 2.22. The summed E-state index contributed by atoms with van der Waals surface area (Å²) < 4.78 is 36.0. The normalized spacial score (nSPS) is 11.7. The number of methoxy groups -OCH3 is 1. The van der Waals surface area contributed by atoms with Crippen LogP contribution in [0.1, 0.15) is 0 Å². The molecule has 0 fully saturated rings. The zero-order chi connectivity index (χ0) is 14.6. The molecule has 1 N–H and O–H groups in total. The van der Waals surface area contributed by atoms with Crippen LogP contribution in [-0.4, -0.2) is 20.1 Å². The van der Waals surface area contributed by atoms with E-state index in [1.165, 1.54) is 18.2 Å². The molecule has 0 aliphatic rings. The van der Waals surface area contributed by atoms with Crippen molar-refractivity contribution >= 4 is 21.5 Å². The molecule has 0 saturated carbocycles. The molecule has 0 spiro atoms. The van der Waals surface area contributed by atoms with Gasteiger partial charge in [0.2, 0.25) is 0 Å². The van der Waals surface area contributed by atoms with Crippen LogP contribution in [0.2, 0.25) is 0 Å². The minimum Gasteiger partial charge on any atom is -0.497 e. The molecule has 0 aromatic heterocycles. The van der Waals surface area contributed by atoms with Crippen molar-refractivity contribution in [2.75, 3.05) is 7.11 Å². The Bertz CT molecular complexity index is 724. The topological polar surface area (TPSA) is 88.3 Å².